The van der Waals surface area contributed by atoms with Gasteiger partial charge in [0.05, 0.1) is 23.7 Å². The fourth-order valence-electron chi connectivity index (χ4n) is 1.94. The van der Waals surface area contributed by atoms with Gasteiger partial charge >= 0.3 is 11.7 Å². The van der Waals surface area contributed by atoms with Gasteiger partial charge in [0.1, 0.15) is 0 Å². The lowest BCUT2D eigenvalue weighted by atomic mass is 10.1. The van der Waals surface area contributed by atoms with Crippen LogP contribution in [0, 0.1) is 10.1 Å². The van der Waals surface area contributed by atoms with Crippen molar-refractivity contribution in [1.29, 1.82) is 0 Å². The van der Waals surface area contributed by atoms with Gasteiger partial charge in [0.15, 0.2) is 0 Å². The van der Waals surface area contributed by atoms with Gasteiger partial charge in [-0.2, -0.15) is 5.10 Å². The minimum atomic E-state index is -0.557. The monoisotopic (exact) mass is 328 g/mol. The average molecular weight is 328 g/mol. The molecule has 0 aliphatic heterocycles. The number of aromatic nitrogens is 1. The fourth-order valence-corrected chi connectivity index (χ4v) is 1.94. The van der Waals surface area contributed by atoms with Gasteiger partial charge in [-0.1, -0.05) is 30.3 Å². The molecule has 1 aromatic carbocycles. The van der Waals surface area contributed by atoms with Gasteiger partial charge in [-0.3, -0.25) is 20.3 Å². The maximum absolute atomic E-state index is 11.8. The summed E-state index contributed by atoms with van der Waals surface area (Å²) in [6, 6.07) is 11.8. The van der Waals surface area contributed by atoms with E-state index in [0.717, 1.165) is 0 Å². The number of rotatable bonds is 7. The molecule has 0 amide bonds. The Morgan fingerprint density at radius 2 is 2.04 bits per heavy atom. The quantitative estimate of drug-likeness (QED) is 0.362. The molecule has 0 radical (unpaired) electrons. The first-order chi connectivity index (χ1) is 11.6. The minimum absolute atomic E-state index is 0.000194. The maximum Gasteiger partial charge on any atom is 0.313 e. The van der Waals surface area contributed by atoms with E-state index >= 15 is 0 Å². The zero-order chi connectivity index (χ0) is 17.4. The zero-order valence-corrected chi connectivity index (χ0v) is 13.0. The molecule has 1 aromatic heterocycles. The number of carbonyl (C=O) groups excluding carboxylic acids is 1. The Hall–Kier alpha value is -3.29. The lowest BCUT2D eigenvalue weighted by molar-refractivity contribution is -0.384. The first-order valence-electron chi connectivity index (χ1n) is 7.24. The number of nitrogens with zero attached hydrogens (tertiary/aromatic N) is 3. The molecule has 24 heavy (non-hydrogen) atoms. The fraction of sp³-hybridized carbons (Fsp3) is 0.188. The van der Waals surface area contributed by atoms with Crippen LogP contribution in [0.5, 0.6) is 0 Å². The van der Waals surface area contributed by atoms with E-state index in [-0.39, 0.29) is 24.5 Å². The molecule has 1 N–H and O–H groups in total. The van der Waals surface area contributed by atoms with E-state index in [9.17, 15) is 14.9 Å². The van der Waals surface area contributed by atoms with Crippen molar-refractivity contribution in [2.45, 2.75) is 13.3 Å². The lowest BCUT2D eigenvalue weighted by Crippen LogP contribution is -2.14. The van der Waals surface area contributed by atoms with Crippen LogP contribution in [0.4, 0.5) is 11.5 Å². The van der Waals surface area contributed by atoms with E-state index in [1.54, 1.807) is 31.2 Å². The van der Waals surface area contributed by atoms with Gasteiger partial charge in [0.25, 0.3) is 0 Å². The molecular weight excluding hydrogens is 312 g/mol. The molecule has 8 nitrogen and oxygen atoms in total. The van der Waals surface area contributed by atoms with Crippen molar-refractivity contribution >= 4 is 23.2 Å². The predicted molar refractivity (Wildman–Crippen MR) is 88.7 cm³/mol. The third kappa shape index (κ3) is 4.60. The number of esters is 1. The summed E-state index contributed by atoms with van der Waals surface area (Å²) in [4.78, 5) is 26.1. The van der Waals surface area contributed by atoms with Crippen molar-refractivity contribution in [3.8, 4) is 0 Å². The van der Waals surface area contributed by atoms with Crippen LogP contribution in [0.15, 0.2) is 53.8 Å². The van der Waals surface area contributed by atoms with Gasteiger partial charge in [-0.15, -0.1) is 0 Å². The second kappa shape index (κ2) is 8.37. The molecule has 124 valence electrons. The number of nitro groups is 1. The van der Waals surface area contributed by atoms with Gasteiger partial charge in [-0.25, -0.2) is 4.98 Å². The molecule has 0 aliphatic carbocycles. The number of anilines is 1. The largest absolute Gasteiger partial charge is 0.466 e. The molecule has 0 bridgehead atoms. The molecule has 0 aliphatic rings. The van der Waals surface area contributed by atoms with Crippen molar-refractivity contribution in [2.24, 2.45) is 5.10 Å². The molecule has 0 unspecified atom stereocenters. The van der Waals surface area contributed by atoms with Crippen molar-refractivity contribution in [1.82, 2.24) is 4.98 Å². The molecule has 0 saturated carbocycles. The Balaban J connectivity index is 2.28. The van der Waals surface area contributed by atoms with E-state index in [2.05, 4.69) is 15.5 Å². The summed E-state index contributed by atoms with van der Waals surface area (Å²) in [7, 11) is 0. The van der Waals surface area contributed by atoms with Crippen LogP contribution in [0.1, 0.15) is 18.9 Å². The molecule has 2 rings (SSSR count). The predicted octanol–water partition coefficient (Wildman–Crippen LogP) is 2.76. The van der Waals surface area contributed by atoms with Crippen LogP contribution in [-0.2, 0) is 9.53 Å². The van der Waals surface area contributed by atoms with E-state index in [1.165, 1.54) is 18.3 Å². The number of nitrogens with one attached hydrogen (secondary N) is 1. The van der Waals surface area contributed by atoms with Gasteiger partial charge in [0.2, 0.25) is 5.82 Å². The van der Waals surface area contributed by atoms with Crippen LogP contribution in [0.3, 0.4) is 0 Å². The number of pyridine rings is 1. The molecule has 0 fully saturated rings. The Morgan fingerprint density at radius 1 is 1.29 bits per heavy atom. The summed E-state index contributed by atoms with van der Waals surface area (Å²) in [5.74, 6) is -0.433. The van der Waals surface area contributed by atoms with Crippen LogP contribution in [0.25, 0.3) is 0 Å². The topological polar surface area (TPSA) is 107 Å². The summed E-state index contributed by atoms with van der Waals surface area (Å²) in [6.07, 6.45) is 1.35. The third-order valence-corrected chi connectivity index (χ3v) is 3.00. The second-order valence-corrected chi connectivity index (χ2v) is 4.65. The van der Waals surface area contributed by atoms with Crippen molar-refractivity contribution in [2.75, 3.05) is 12.0 Å². The molecule has 0 atom stereocenters. The number of hydrogen-bond donors (Lipinski definition) is 1. The normalized spacial score (nSPS) is 11.0. The van der Waals surface area contributed by atoms with Gasteiger partial charge < -0.3 is 4.74 Å². The number of hydrogen-bond acceptors (Lipinski definition) is 7. The van der Waals surface area contributed by atoms with E-state index in [4.69, 9.17) is 4.74 Å². The lowest BCUT2D eigenvalue weighted by Gasteiger charge is -2.08. The molecular formula is C16H16N4O4. The Labute approximate surface area is 138 Å². The summed E-state index contributed by atoms with van der Waals surface area (Å²) in [6.45, 7) is 1.98. The van der Waals surface area contributed by atoms with Crippen LogP contribution >= 0.6 is 0 Å². The average Bonchev–Trinajstić information content (AvgIpc) is 2.59. The highest BCUT2D eigenvalue weighted by Gasteiger charge is 2.15. The SMILES string of the molecule is CCOC(=O)C/C(=N/Nc1ncccc1[N+](=O)[O-])c1ccccc1. The van der Waals surface area contributed by atoms with Crippen LogP contribution in [0.2, 0.25) is 0 Å². The first-order valence-corrected chi connectivity index (χ1v) is 7.24. The molecule has 0 spiro atoms. The van der Waals surface area contributed by atoms with E-state index < -0.39 is 10.9 Å². The summed E-state index contributed by atoms with van der Waals surface area (Å²) >= 11 is 0. The van der Waals surface area contributed by atoms with E-state index in [1.807, 2.05) is 6.07 Å². The number of carbonyl (C=O) groups is 1. The Morgan fingerprint density at radius 3 is 2.71 bits per heavy atom. The molecule has 0 saturated heterocycles. The number of ether oxygens (including phenoxy) is 1. The standard InChI is InChI=1S/C16H16N4O4/c1-2-24-15(21)11-13(12-7-4-3-5-8-12)18-19-16-14(20(22)23)9-6-10-17-16/h3-10H,2,11H2,1H3,(H,17,19)/b18-13-. The van der Waals surface area contributed by atoms with Crippen molar-refractivity contribution in [3.05, 3.63) is 64.3 Å². The summed E-state index contributed by atoms with van der Waals surface area (Å²) in [5.41, 5.74) is 3.47. The zero-order valence-electron chi connectivity index (χ0n) is 13.0. The number of benzene rings is 1. The minimum Gasteiger partial charge on any atom is -0.466 e. The second-order valence-electron chi connectivity index (χ2n) is 4.65. The maximum atomic E-state index is 11.8. The highest BCUT2D eigenvalue weighted by atomic mass is 16.6. The first kappa shape index (κ1) is 17.1. The highest BCUT2D eigenvalue weighted by Crippen LogP contribution is 2.20. The Kier molecular flexibility index (Phi) is 5.95. The number of hydrazone groups is 1. The molecule has 1 heterocycles. The van der Waals surface area contributed by atoms with Crippen molar-refractivity contribution in [3.63, 3.8) is 0 Å². The van der Waals surface area contributed by atoms with Gasteiger partial charge in [-0.05, 0) is 18.6 Å². The molecule has 8 heteroatoms. The molecule has 2 aromatic rings. The van der Waals surface area contributed by atoms with Crippen LogP contribution < -0.4 is 5.43 Å². The van der Waals surface area contributed by atoms with E-state index in [0.29, 0.717) is 11.3 Å². The third-order valence-electron chi connectivity index (χ3n) is 3.00. The van der Waals surface area contributed by atoms with Crippen LogP contribution in [-0.4, -0.2) is 28.2 Å². The smallest absolute Gasteiger partial charge is 0.313 e. The van der Waals surface area contributed by atoms with Crippen molar-refractivity contribution < 1.29 is 14.5 Å². The van der Waals surface area contributed by atoms with Gasteiger partial charge in [0, 0.05) is 12.3 Å². The summed E-state index contributed by atoms with van der Waals surface area (Å²) in [5, 5.41) is 15.1. The summed E-state index contributed by atoms with van der Waals surface area (Å²) < 4.78 is 4.94. The Bertz CT molecular complexity index is 747. The highest BCUT2D eigenvalue weighted by molar-refractivity contribution is 6.09.